The number of fused-ring (bicyclic) bond motifs is 1. The number of carbonyl (C=O) groups is 1. The summed E-state index contributed by atoms with van der Waals surface area (Å²) in [6, 6.07) is 1.72. The van der Waals surface area contributed by atoms with Gasteiger partial charge in [-0.15, -0.1) is 0 Å². The summed E-state index contributed by atoms with van der Waals surface area (Å²) in [6.45, 7) is 5.59. The van der Waals surface area contributed by atoms with Gasteiger partial charge >= 0.3 is 0 Å². The molecule has 2 fully saturated rings. The number of carbonyl (C=O) groups excluding carboxylic acids is 1. The topological polar surface area (TPSA) is 64.6 Å². The maximum atomic E-state index is 12.7. The molecule has 2 aliphatic rings. The van der Waals surface area contributed by atoms with Crippen LogP contribution in [0.5, 0.6) is 0 Å². The predicted molar refractivity (Wildman–Crippen MR) is 80.5 cm³/mol. The highest BCUT2D eigenvalue weighted by Gasteiger charge is 2.47. The molecule has 22 heavy (non-hydrogen) atoms. The highest BCUT2D eigenvalue weighted by molar-refractivity contribution is 5.93. The maximum Gasteiger partial charge on any atom is 0.255 e. The normalized spacial score (nSPS) is 28.2. The molecule has 1 aromatic rings. The van der Waals surface area contributed by atoms with Crippen molar-refractivity contribution in [3.8, 4) is 0 Å². The number of hydrogen-bond donors (Lipinski definition) is 0. The van der Waals surface area contributed by atoms with Crippen LogP contribution >= 0.6 is 0 Å². The van der Waals surface area contributed by atoms with E-state index < -0.39 is 0 Å². The number of aromatic nitrogens is 2. The summed E-state index contributed by atoms with van der Waals surface area (Å²) in [7, 11) is 0. The second kappa shape index (κ2) is 6.71. The third-order valence-electron chi connectivity index (χ3n) is 4.70. The molecule has 6 heteroatoms. The number of piperidine rings is 1. The molecular formula is C16H23N3O3. The van der Waals surface area contributed by atoms with Gasteiger partial charge in [0, 0.05) is 31.7 Å². The summed E-state index contributed by atoms with van der Waals surface area (Å²) in [5.74, 6) is 0.0230. The standard InChI is InChI=1S/C16H23N3O3/c1-2-21-12-16-6-3-9-22-14(16)5-8-19(11-16)15(20)13-4-7-17-18-10-13/h4,7,10,14H,2-3,5-6,8-9,11-12H2,1H3/t14-,16+/m1/s1. The Morgan fingerprint density at radius 2 is 2.45 bits per heavy atom. The zero-order valence-electron chi connectivity index (χ0n) is 13.0. The number of hydrogen-bond acceptors (Lipinski definition) is 5. The van der Waals surface area contributed by atoms with Crippen molar-refractivity contribution in [1.82, 2.24) is 15.1 Å². The molecule has 0 bridgehead atoms. The van der Waals surface area contributed by atoms with Crippen LogP contribution in [0.3, 0.4) is 0 Å². The summed E-state index contributed by atoms with van der Waals surface area (Å²) in [4.78, 5) is 14.6. The van der Waals surface area contributed by atoms with Crippen molar-refractivity contribution in [1.29, 1.82) is 0 Å². The Morgan fingerprint density at radius 3 is 3.23 bits per heavy atom. The molecule has 0 saturated carbocycles. The summed E-state index contributed by atoms with van der Waals surface area (Å²) >= 11 is 0. The Balaban J connectivity index is 1.76. The first-order chi connectivity index (χ1) is 10.7. The van der Waals surface area contributed by atoms with E-state index in [9.17, 15) is 4.79 Å². The summed E-state index contributed by atoms with van der Waals surface area (Å²) < 4.78 is 11.7. The fourth-order valence-electron chi connectivity index (χ4n) is 3.58. The van der Waals surface area contributed by atoms with E-state index in [1.807, 2.05) is 11.8 Å². The van der Waals surface area contributed by atoms with E-state index in [0.29, 0.717) is 25.3 Å². The first-order valence-electron chi connectivity index (χ1n) is 8.00. The van der Waals surface area contributed by atoms with Crippen LogP contribution in [0.25, 0.3) is 0 Å². The fourth-order valence-corrected chi connectivity index (χ4v) is 3.58. The SMILES string of the molecule is CCOC[C@@]12CCCO[C@@H]1CCN(C(=O)c1ccnnc1)C2. The molecule has 2 saturated heterocycles. The second-order valence-corrected chi connectivity index (χ2v) is 6.11. The van der Waals surface area contributed by atoms with Crippen molar-refractivity contribution >= 4 is 5.91 Å². The van der Waals surface area contributed by atoms with Crippen molar-refractivity contribution in [3.63, 3.8) is 0 Å². The third kappa shape index (κ3) is 2.98. The summed E-state index contributed by atoms with van der Waals surface area (Å²) in [5, 5.41) is 7.53. The number of ether oxygens (including phenoxy) is 2. The molecule has 1 aromatic heterocycles. The summed E-state index contributed by atoms with van der Waals surface area (Å²) in [5.41, 5.74) is 0.527. The Bertz CT molecular complexity index is 511. The lowest BCUT2D eigenvalue weighted by molar-refractivity contribution is -0.146. The highest BCUT2D eigenvalue weighted by atomic mass is 16.5. The van der Waals surface area contributed by atoms with E-state index >= 15 is 0 Å². The molecular weight excluding hydrogens is 282 g/mol. The molecule has 0 radical (unpaired) electrons. The zero-order valence-corrected chi connectivity index (χ0v) is 13.0. The molecule has 0 spiro atoms. The van der Waals surface area contributed by atoms with Crippen LogP contribution in [-0.2, 0) is 9.47 Å². The molecule has 2 aliphatic heterocycles. The number of likely N-dealkylation sites (tertiary alicyclic amines) is 1. The van der Waals surface area contributed by atoms with Crippen LogP contribution in [0.2, 0.25) is 0 Å². The molecule has 120 valence electrons. The van der Waals surface area contributed by atoms with Crippen LogP contribution in [0.1, 0.15) is 36.5 Å². The first-order valence-corrected chi connectivity index (χ1v) is 8.00. The fraction of sp³-hybridized carbons (Fsp3) is 0.688. The molecule has 1 amide bonds. The van der Waals surface area contributed by atoms with Gasteiger partial charge in [-0.3, -0.25) is 4.79 Å². The van der Waals surface area contributed by atoms with E-state index in [-0.39, 0.29) is 17.4 Å². The van der Waals surface area contributed by atoms with Crippen molar-refractivity contribution < 1.29 is 14.3 Å². The van der Waals surface area contributed by atoms with Crippen LogP contribution in [0.4, 0.5) is 0 Å². The third-order valence-corrected chi connectivity index (χ3v) is 4.70. The quantitative estimate of drug-likeness (QED) is 0.844. The molecule has 3 rings (SSSR count). The average molecular weight is 305 g/mol. The molecule has 6 nitrogen and oxygen atoms in total. The lowest BCUT2D eigenvalue weighted by Gasteiger charge is -2.50. The van der Waals surface area contributed by atoms with Gasteiger partial charge in [-0.05, 0) is 32.3 Å². The summed E-state index contributed by atoms with van der Waals surface area (Å²) in [6.07, 6.45) is 6.24. The van der Waals surface area contributed by atoms with E-state index in [1.54, 1.807) is 12.3 Å². The Labute approximate surface area is 130 Å². The minimum absolute atomic E-state index is 0.0230. The van der Waals surface area contributed by atoms with Gasteiger partial charge in [-0.25, -0.2) is 0 Å². The number of nitrogens with zero attached hydrogens (tertiary/aromatic N) is 3. The van der Waals surface area contributed by atoms with E-state index in [4.69, 9.17) is 9.47 Å². The van der Waals surface area contributed by atoms with Crippen molar-refractivity contribution in [2.24, 2.45) is 5.41 Å². The highest BCUT2D eigenvalue weighted by Crippen LogP contribution is 2.40. The van der Waals surface area contributed by atoms with E-state index in [0.717, 1.165) is 32.4 Å². The van der Waals surface area contributed by atoms with Crippen molar-refractivity contribution in [2.75, 3.05) is 32.9 Å². The lowest BCUT2D eigenvalue weighted by Crippen LogP contribution is -2.58. The second-order valence-electron chi connectivity index (χ2n) is 6.11. The Morgan fingerprint density at radius 1 is 1.55 bits per heavy atom. The molecule has 0 N–H and O–H groups in total. The van der Waals surface area contributed by atoms with Gasteiger partial charge in [0.2, 0.25) is 0 Å². The Hall–Kier alpha value is -1.53. The largest absolute Gasteiger partial charge is 0.381 e. The molecule has 0 unspecified atom stereocenters. The smallest absolute Gasteiger partial charge is 0.255 e. The zero-order chi connectivity index (χ0) is 15.4. The van der Waals surface area contributed by atoms with Gasteiger partial charge in [-0.2, -0.15) is 10.2 Å². The predicted octanol–water partition coefficient (Wildman–Crippen LogP) is 1.52. The van der Waals surface area contributed by atoms with Crippen LogP contribution in [-0.4, -0.2) is 60.0 Å². The molecule has 0 aromatic carbocycles. The monoisotopic (exact) mass is 305 g/mol. The van der Waals surface area contributed by atoms with E-state index in [2.05, 4.69) is 10.2 Å². The van der Waals surface area contributed by atoms with Gasteiger partial charge in [-0.1, -0.05) is 0 Å². The number of rotatable bonds is 4. The van der Waals surface area contributed by atoms with Crippen LogP contribution < -0.4 is 0 Å². The van der Waals surface area contributed by atoms with Gasteiger partial charge in [0.25, 0.3) is 5.91 Å². The minimum atomic E-state index is -0.0668. The first kappa shape index (κ1) is 15.4. The molecule has 0 aliphatic carbocycles. The molecule has 2 atom stereocenters. The number of amides is 1. The van der Waals surface area contributed by atoms with Crippen molar-refractivity contribution in [3.05, 3.63) is 24.0 Å². The lowest BCUT2D eigenvalue weighted by atomic mass is 9.73. The molecule has 3 heterocycles. The maximum absolute atomic E-state index is 12.7. The van der Waals surface area contributed by atoms with Gasteiger partial charge < -0.3 is 14.4 Å². The van der Waals surface area contributed by atoms with Crippen LogP contribution in [0, 0.1) is 5.41 Å². The Kier molecular flexibility index (Phi) is 4.69. The van der Waals surface area contributed by atoms with E-state index in [1.165, 1.54) is 6.20 Å². The minimum Gasteiger partial charge on any atom is -0.381 e. The van der Waals surface area contributed by atoms with Gasteiger partial charge in [0.15, 0.2) is 0 Å². The van der Waals surface area contributed by atoms with Crippen molar-refractivity contribution in [2.45, 2.75) is 32.3 Å². The van der Waals surface area contributed by atoms with Crippen LogP contribution in [0.15, 0.2) is 18.5 Å². The average Bonchev–Trinajstić information content (AvgIpc) is 2.59. The van der Waals surface area contributed by atoms with Gasteiger partial charge in [0.05, 0.1) is 30.7 Å². The van der Waals surface area contributed by atoms with Gasteiger partial charge in [0.1, 0.15) is 0 Å².